The fourth-order valence-electron chi connectivity index (χ4n) is 4.58. The lowest BCUT2D eigenvalue weighted by molar-refractivity contribution is 0.0396. The quantitative estimate of drug-likeness (QED) is 0.191. The predicted octanol–water partition coefficient (Wildman–Crippen LogP) is 6.41. The molecule has 212 valence electrons. The van der Waals surface area contributed by atoms with Crippen molar-refractivity contribution in [3.05, 3.63) is 77.4 Å². The molecule has 0 aliphatic heterocycles. The van der Waals surface area contributed by atoms with Crippen LogP contribution in [0.25, 0.3) is 22.2 Å². The first-order valence-corrected chi connectivity index (χ1v) is 13.1. The summed E-state index contributed by atoms with van der Waals surface area (Å²) in [6, 6.07) is 13.7. The van der Waals surface area contributed by atoms with E-state index in [9.17, 15) is 14.3 Å². The van der Waals surface area contributed by atoms with Gasteiger partial charge in [-0.05, 0) is 82.0 Å². The minimum absolute atomic E-state index is 0. The number of methoxy groups -OCH3 is 1. The molecule has 1 aliphatic carbocycles. The number of nitrogens with zero attached hydrogens (tertiary/aromatic N) is 1. The molecule has 2 aromatic carbocycles. The number of Topliss-reactive ketones (excluding diaryl/α,β-unsaturated/α-hetero) is 1. The lowest BCUT2D eigenvalue weighted by atomic mass is 9.88. The molecule has 4 aromatic rings. The first kappa shape index (κ1) is 29.5. The van der Waals surface area contributed by atoms with Gasteiger partial charge in [-0.3, -0.25) is 4.79 Å². The standard InChI is InChI=1S/C31H34FN3O4.ClH/c1-30(2,33)19-15-24(22-17-34-29-21(22)6-5-7-23(29)32)35-28(16-19)31(3,37)13-12-25(36)18-8-11-26(27(14-18)38-4)39-20-9-10-20;/h5-8,11,14-17,20,34,37H,9-10,12-13,33H2,1-4H3;1H. The number of nitrogens with two attached hydrogens (primary N) is 1. The number of ketones is 1. The lowest BCUT2D eigenvalue weighted by Gasteiger charge is -2.27. The number of pyridine rings is 1. The highest BCUT2D eigenvalue weighted by Crippen LogP contribution is 2.36. The van der Waals surface area contributed by atoms with E-state index in [4.69, 9.17) is 20.2 Å². The summed E-state index contributed by atoms with van der Waals surface area (Å²) in [5.74, 6) is 0.648. The van der Waals surface area contributed by atoms with Crippen LogP contribution in [0, 0.1) is 5.82 Å². The second kappa shape index (κ2) is 11.2. The van der Waals surface area contributed by atoms with Gasteiger partial charge in [0.05, 0.1) is 30.1 Å². The Kier molecular flexibility index (Phi) is 8.26. The van der Waals surface area contributed by atoms with Crippen LogP contribution in [0.15, 0.2) is 54.7 Å². The second-order valence-electron chi connectivity index (χ2n) is 11.1. The highest BCUT2D eigenvalue weighted by molar-refractivity contribution is 5.97. The molecule has 9 heteroatoms. The molecule has 0 bridgehead atoms. The van der Waals surface area contributed by atoms with E-state index in [1.807, 2.05) is 26.0 Å². The van der Waals surface area contributed by atoms with Crippen molar-refractivity contribution in [3.8, 4) is 22.8 Å². The van der Waals surface area contributed by atoms with Crippen molar-refractivity contribution in [1.29, 1.82) is 0 Å². The molecule has 1 aliphatic rings. The van der Waals surface area contributed by atoms with Gasteiger partial charge in [0, 0.05) is 34.7 Å². The van der Waals surface area contributed by atoms with Crippen molar-refractivity contribution in [2.45, 2.75) is 63.7 Å². The smallest absolute Gasteiger partial charge is 0.163 e. The van der Waals surface area contributed by atoms with E-state index in [0.29, 0.717) is 44.9 Å². The summed E-state index contributed by atoms with van der Waals surface area (Å²) in [7, 11) is 1.55. The van der Waals surface area contributed by atoms with Crippen LogP contribution in [0.2, 0.25) is 0 Å². The molecule has 1 saturated carbocycles. The zero-order chi connectivity index (χ0) is 27.9. The van der Waals surface area contributed by atoms with Crippen LogP contribution in [0.5, 0.6) is 11.5 Å². The van der Waals surface area contributed by atoms with Crippen LogP contribution in [-0.2, 0) is 11.1 Å². The Bertz CT molecular complexity index is 1540. The molecular formula is C31H35ClFN3O4. The second-order valence-corrected chi connectivity index (χ2v) is 11.1. The van der Waals surface area contributed by atoms with Crippen LogP contribution in [0.4, 0.5) is 4.39 Å². The first-order chi connectivity index (χ1) is 18.5. The van der Waals surface area contributed by atoms with Gasteiger partial charge in [-0.15, -0.1) is 12.4 Å². The number of aliphatic hydroxyl groups is 1. The molecule has 0 radical (unpaired) electrons. The van der Waals surface area contributed by atoms with Gasteiger partial charge >= 0.3 is 0 Å². The number of para-hydroxylation sites is 1. The number of fused-ring (bicyclic) bond motifs is 1. The van der Waals surface area contributed by atoms with E-state index >= 15 is 0 Å². The third-order valence-electron chi connectivity index (χ3n) is 7.20. The molecule has 2 aromatic heterocycles. The van der Waals surface area contributed by atoms with Gasteiger partial charge < -0.3 is 25.3 Å². The number of H-pyrrole nitrogens is 1. The van der Waals surface area contributed by atoms with Crippen LogP contribution in [0.3, 0.4) is 0 Å². The van der Waals surface area contributed by atoms with Crippen molar-refractivity contribution in [3.63, 3.8) is 0 Å². The summed E-state index contributed by atoms with van der Waals surface area (Å²) >= 11 is 0. The highest BCUT2D eigenvalue weighted by Gasteiger charge is 2.30. The SMILES string of the molecule is COc1cc(C(=O)CCC(C)(O)c2cc(C(C)(C)N)cc(-c3c[nH]c4c(F)cccc34)n2)ccc1OC1CC1.Cl. The number of rotatable bonds is 10. The first-order valence-electron chi connectivity index (χ1n) is 13.1. The topological polar surface area (TPSA) is 110 Å². The van der Waals surface area contributed by atoms with E-state index in [1.54, 1.807) is 50.6 Å². The normalized spacial score (nSPS) is 14.9. The van der Waals surface area contributed by atoms with Crippen molar-refractivity contribution >= 4 is 29.1 Å². The maximum atomic E-state index is 14.3. The Hall–Kier alpha value is -3.46. The number of carbonyl (C=O) groups is 1. The van der Waals surface area contributed by atoms with Crippen molar-refractivity contribution in [1.82, 2.24) is 9.97 Å². The molecule has 5 rings (SSSR count). The maximum Gasteiger partial charge on any atom is 0.163 e. The monoisotopic (exact) mass is 567 g/mol. The maximum absolute atomic E-state index is 14.3. The average Bonchev–Trinajstić information content (AvgIpc) is 3.61. The molecule has 40 heavy (non-hydrogen) atoms. The minimum Gasteiger partial charge on any atom is -0.493 e. The van der Waals surface area contributed by atoms with E-state index in [1.165, 1.54) is 6.07 Å². The molecule has 0 amide bonds. The molecule has 1 unspecified atom stereocenters. The number of hydrogen-bond acceptors (Lipinski definition) is 6. The Morgan fingerprint density at radius 3 is 2.58 bits per heavy atom. The molecule has 7 nitrogen and oxygen atoms in total. The average molecular weight is 568 g/mol. The number of benzene rings is 2. The van der Waals surface area contributed by atoms with Crippen molar-refractivity contribution < 1.29 is 23.8 Å². The van der Waals surface area contributed by atoms with Gasteiger partial charge in [0.1, 0.15) is 11.4 Å². The zero-order valence-electron chi connectivity index (χ0n) is 23.1. The highest BCUT2D eigenvalue weighted by atomic mass is 35.5. The van der Waals surface area contributed by atoms with Crippen molar-refractivity contribution in [2.75, 3.05) is 7.11 Å². The predicted molar refractivity (Wildman–Crippen MR) is 156 cm³/mol. The summed E-state index contributed by atoms with van der Waals surface area (Å²) in [6.07, 6.45) is 4.19. The molecule has 1 atom stereocenters. The fraction of sp³-hybridized carbons (Fsp3) is 0.355. The van der Waals surface area contributed by atoms with Crippen molar-refractivity contribution in [2.24, 2.45) is 5.73 Å². The number of aromatic nitrogens is 2. The van der Waals surface area contributed by atoms with Gasteiger partial charge in [0.15, 0.2) is 17.3 Å². The molecular weight excluding hydrogens is 533 g/mol. The van der Waals surface area contributed by atoms with E-state index in [2.05, 4.69) is 4.98 Å². The van der Waals surface area contributed by atoms with Crippen LogP contribution >= 0.6 is 12.4 Å². The summed E-state index contributed by atoms with van der Waals surface area (Å²) in [4.78, 5) is 20.9. The largest absolute Gasteiger partial charge is 0.493 e. The Morgan fingerprint density at radius 2 is 1.90 bits per heavy atom. The summed E-state index contributed by atoms with van der Waals surface area (Å²) in [5, 5.41) is 12.2. The van der Waals surface area contributed by atoms with Gasteiger partial charge in [0.2, 0.25) is 0 Å². The van der Waals surface area contributed by atoms with Gasteiger partial charge in [-0.1, -0.05) is 12.1 Å². The third kappa shape index (κ3) is 6.14. The van der Waals surface area contributed by atoms with Gasteiger partial charge in [0.25, 0.3) is 0 Å². The fourth-order valence-corrected chi connectivity index (χ4v) is 4.58. The number of hydrogen-bond donors (Lipinski definition) is 3. The summed E-state index contributed by atoms with van der Waals surface area (Å²) in [5.41, 5.74) is 7.56. The number of carbonyl (C=O) groups excluding carboxylic acids is 1. The lowest BCUT2D eigenvalue weighted by Crippen LogP contribution is -2.31. The minimum atomic E-state index is -1.43. The van der Waals surface area contributed by atoms with E-state index in [0.717, 1.165) is 18.4 Å². The van der Waals surface area contributed by atoms with Gasteiger partial charge in [-0.2, -0.15) is 0 Å². The van der Waals surface area contributed by atoms with E-state index < -0.39 is 11.1 Å². The number of nitrogens with one attached hydrogen (secondary N) is 1. The molecule has 0 saturated heterocycles. The van der Waals surface area contributed by atoms with Gasteiger partial charge in [-0.25, -0.2) is 9.37 Å². The molecule has 4 N–H and O–H groups in total. The number of ether oxygens (including phenoxy) is 2. The van der Waals surface area contributed by atoms with Crippen LogP contribution < -0.4 is 15.2 Å². The molecule has 2 heterocycles. The molecule has 1 fully saturated rings. The number of aromatic amines is 1. The molecule has 0 spiro atoms. The van der Waals surface area contributed by atoms with E-state index in [-0.39, 0.29) is 43.0 Å². The number of halogens is 2. The summed E-state index contributed by atoms with van der Waals surface area (Å²) < 4.78 is 25.6. The Morgan fingerprint density at radius 1 is 1.15 bits per heavy atom. The summed E-state index contributed by atoms with van der Waals surface area (Å²) in [6.45, 7) is 5.38. The Labute approximate surface area is 239 Å². The van der Waals surface area contributed by atoms with Crippen LogP contribution in [0.1, 0.15) is 68.1 Å². The third-order valence-corrected chi connectivity index (χ3v) is 7.20. The zero-order valence-corrected chi connectivity index (χ0v) is 23.9. The Balaban J connectivity index is 0.00000370. The van der Waals surface area contributed by atoms with Crippen LogP contribution in [-0.4, -0.2) is 34.1 Å².